The molecule has 1 rings (SSSR count). The molecule has 5 nitrogen and oxygen atoms in total. The van der Waals surface area contributed by atoms with Crippen molar-refractivity contribution >= 4 is 23.7 Å². The van der Waals surface area contributed by atoms with Crippen LogP contribution in [0.1, 0.15) is 59.3 Å². The average Bonchev–Trinajstić information content (AvgIpc) is 2.53. The van der Waals surface area contributed by atoms with E-state index in [1.807, 2.05) is 12.2 Å². The first-order chi connectivity index (χ1) is 11.5. The van der Waals surface area contributed by atoms with Crippen molar-refractivity contribution in [2.45, 2.75) is 76.9 Å². The van der Waals surface area contributed by atoms with Crippen LogP contribution in [0.25, 0.3) is 0 Å². The molecule has 0 radical (unpaired) electrons. The fraction of sp³-hybridized carbons (Fsp3) is 0.778. The number of carbonyl (C=O) groups excluding carboxylic acids is 2. The van der Waals surface area contributed by atoms with Crippen LogP contribution in [-0.4, -0.2) is 41.9 Å². The Morgan fingerprint density at radius 2 is 1.75 bits per heavy atom. The Hall–Kier alpha value is -1.01. The highest BCUT2D eigenvalue weighted by Crippen LogP contribution is 2.25. The molecular weight excluding hydrogens is 328 g/mol. The number of thioether (sulfide) groups is 1. The minimum absolute atomic E-state index is 0.0890. The standard InChI is InChI=1S/C18H30O5S/c1-4-5-6-7-8-9-12-24-18-11-10-16(22-15(3)20)17(23-18)13-21-14(2)19/h10-11,16-18H,4-9,12-13H2,1-3H3/t16-,17+,18+/m0/s1. The largest absolute Gasteiger partial charge is 0.463 e. The molecule has 1 aliphatic heterocycles. The van der Waals surface area contributed by atoms with E-state index in [2.05, 4.69) is 6.92 Å². The zero-order chi connectivity index (χ0) is 17.8. The molecule has 6 heteroatoms. The molecule has 0 N–H and O–H groups in total. The topological polar surface area (TPSA) is 61.8 Å². The molecule has 0 aromatic carbocycles. The molecule has 0 bridgehead atoms. The predicted octanol–water partition coefficient (Wildman–Crippen LogP) is 3.86. The molecule has 0 aromatic heterocycles. The normalized spacial score (nSPS) is 23.0. The highest BCUT2D eigenvalue weighted by molar-refractivity contribution is 7.99. The van der Waals surface area contributed by atoms with Crippen LogP contribution in [0, 0.1) is 0 Å². The summed E-state index contributed by atoms with van der Waals surface area (Å²) in [6.07, 6.45) is 10.4. The molecule has 24 heavy (non-hydrogen) atoms. The first-order valence-corrected chi connectivity index (χ1v) is 9.83. The lowest BCUT2D eigenvalue weighted by Crippen LogP contribution is -2.40. The van der Waals surface area contributed by atoms with Crippen LogP contribution in [0.15, 0.2) is 12.2 Å². The second-order valence-electron chi connectivity index (χ2n) is 5.94. The van der Waals surface area contributed by atoms with Crippen LogP contribution < -0.4 is 0 Å². The van der Waals surface area contributed by atoms with Crippen molar-refractivity contribution < 1.29 is 23.8 Å². The maximum atomic E-state index is 11.2. The third kappa shape index (κ3) is 9.33. The van der Waals surface area contributed by atoms with Gasteiger partial charge in [0.2, 0.25) is 0 Å². The number of hydrogen-bond acceptors (Lipinski definition) is 6. The van der Waals surface area contributed by atoms with Crippen LogP contribution in [-0.2, 0) is 23.8 Å². The van der Waals surface area contributed by atoms with Gasteiger partial charge in [0.05, 0.1) is 0 Å². The molecule has 138 valence electrons. The van der Waals surface area contributed by atoms with Gasteiger partial charge in [-0.15, -0.1) is 11.8 Å². The Morgan fingerprint density at radius 1 is 1.04 bits per heavy atom. The number of hydrogen-bond donors (Lipinski definition) is 0. The first-order valence-electron chi connectivity index (χ1n) is 8.79. The van der Waals surface area contributed by atoms with E-state index in [0.29, 0.717) is 0 Å². The summed E-state index contributed by atoms with van der Waals surface area (Å²) in [6.45, 7) is 5.02. The van der Waals surface area contributed by atoms with Crippen molar-refractivity contribution in [2.24, 2.45) is 0 Å². The molecule has 0 spiro atoms. The van der Waals surface area contributed by atoms with E-state index in [1.165, 1.54) is 52.4 Å². The molecule has 1 heterocycles. The minimum Gasteiger partial charge on any atom is -0.463 e. The monoisotopic (exact) mass is 358 g/mol. The molecule has 0 fully saturated rings. The quantitative estimate of drug-likeness (QED) is 0.317. The third-order valence-corrected chi connectivity index (χ3v) is 4.79. The molecular formula is C18H30O5S. The summed E-state index contributed by atoms with van der Waals surface area (Å²) in [6, 6.07) is 0. The minimum atomic E-state index is -0.507. The van der Waals surface area contributed by atoms with E-state index in [4.69, 9.17) is 14.2 Å². The van der Waals surface area contributed by atoms with Crippen molar-refractivity contribution in [3.63, 3.8) is 0 Å². The van der Waals surface area contributed by atoms with E-state index >= 15 is 0 Å². The maximum Gasteiger partial charge on any atom is 0.303 e. The van der Waals surface area contributed by atoms with E-state index < -0.39 is 12.2 Å². The highest BCUT2D eigenvalue weighted by Gasteiger charge is 2.30. The number of unbranched alkanes of at least 4 members (excludes halogenated alkanes) is 5. The Balaban J connectivity index is 2.35. The Bertz CT molecular complexity index is 410. The van der Waals surface area contributed by atoms with Crippen molar-refractivity contribution in [3.05, 3.63) is 12.2 Å². The van der Waals surface area contributed by atoms with Crippen LogP contribution in [0.5, 0.6) is 0 Å². The summed E-state index contributed by atoms with van der Waals surface area (Å²) in [5.74, 6) is 0.282. The Kier molecular flexibility index (Phi) is 10.8. The summed E-state index contributed by atoms with van der Waals surface area (Å²) in [4.78, 5) is 22.2. The third-order valence-electron chi connectivity index (χ3n) is 3.67. The second kappa shape index (κ2) is 12.4. The Morgan fingerprint density at radius 3 is 2.42 bits per heavy atom. The summed E-state index contributed by atoms with van der Waals surface area (Å²) in [5.41, 5.74) is -0.0898. The SMILES string of the molecule is CCCCCCCCS[C@@H]1C=C[C@H](OC(C)=O)[C@@H](COC(C)=O)O1. The zero-order valence-electron chi connectivity index (χ0n) is 15.0. The summed E-state index contributed by atoms with van der Waals surface area (Å²) >= 11 is 1.73. The lowest BCUT2D eigenvalue weighted by atomic mass is 10.1. The van der Waals surface area contributed by atoms with Gasteiger partial charge in [0.25, 0.3) is 0 Å². The summed E-state index contributed by atoms with van der Waals surface area (Å²) < 4.78 is 16.2. The van der Waals surface area contributed by atoms with Crippen LogP contribution in [0.2, 0.25) is 0 Å². The van der Waals surface area contributed by atoms with Crippen molar-refractivity contribution in [3.8, 4) is 0 Å². The van der Waals surface area contributed by atoms with Crippen LogP contribution in [0.4, 0.5) is 0 Å². The van der Waals surface area contributed by atoms with Gasteiger partial charge >= 0.3 is 11.9 Å². The lowest BCUT2D eigenvalue weighted by molar-refractivity contribution is -0.160. The van der Waals surface area contributed by atoms with Crippen molar-refractivity contribution in [1.29, 1.82) is 0 Å². The van der Waals surface area contributed by atoms with Gasteiger partial charge in [-0.3, -0.25) is 9.59 Å². The van der Waals surface area contributed by atoms with Gasteiger partial charge in [0, 0.05) is 13.8 Å². The fourth-order valence-electron chi connectivity index (χ4n) is 2.44. The van der Waals surface area contributed by atoms with Gasteiger partial charge in [0.15, 0.2) is 0 Å². The predicted molar refractivity (Wildman–Crippen MR) is 95.8 cm³/mol. The van der Waals surface area contributed by atoms with Crippen LogP contribution >= 0.6 is 11.8 Å². The maximum absolute atomic E-state index is 11.2. The van der Waals surface area contributed by atoms with Gasteiger partial charge < -0.3 is 14.2 Å². The fourth-order valence-corrected chi connectivity index (χ4v) is 3.46. The van der Waals surface area contributed by atoms with Gasteiger partial charge in [-0.1, -0.05) is 39.0 Å². The van der Waals surface area contributed by atoms with Gasteiger partial charge in [-0.05, 0) is 24.3 Å². The van der Waals surface area contributed by atoms with E-state index in [0.717, 1.165) is 5.75 Å². The molecule has 0 saturated carbocycles. The summed E-state index contributed by atoms with van der Waals surface area (Å²) in [5, 5.41) is 0. The van der Waals surface area contributed by atoms with E-state index in [1.54, 1.807) is 11.8 Å². The molecule has 0 aromatic rings. The van der Waals surface area contributed by atoms with Gasteiger partial charge in [-0.25, -0.2) is 0 Å². The number of esters is 2. The molecule has 0 saturated heterocycles. The average molecular weight is 359 g/mol. The summed E-state index contributed by atoms with van der Waals surface area (Å²) in [7, 11) is 0. The molecule has 0 unspecified atom stereocenters. The molecule has 1 aliphatic rings. The molecule has 0 aliphatic carbocycles. The number of rotatable bonds is 11. The number of ether oxygens (including phenoxy) is 3. The number of carbonyl (C=O) groups is 2. The zero-order valence-corrected chi connectivity index (χ0v) is 15.8. The van der Waals surface area contributed by atoms with Gasteiger partial charge in [0.1, 0.15) is 24.3 Å². The van der Waals surface area contributed by atoms with Crippen molar-refractivity contribution in [2.75, 3.05) is 12.4 Å². The smallest absolute Gasteiger partial charge is 0.303 e. The van der Waals surface area contributed by atoms with Crippen molar-refractivity contribution in [1.82, 2.24) is 0 Å². The van der Waals surface area contributed by atoms with Gasteiger partial charge in [-0.2, -0.15) is 0 Å². The van der Waals surface area contributed by atoms with E-state index in [9.17, 15) is 9.59 Å². The molecule has 0 amide bonds. The van der Waals surface area contributed by atoms with Crippen LogP contribution in [0.3, 0.4) is 0 Å². The first kappa shape index (κ1) is 21.0. The molecule has 3 atom stereocenters. The second-order valence-corrected chi connectivity index (χ2v) is 7.15. The highest BCUT2D eigenvalue weighted by atomic mass is 32.2. The Labute approximate surface area is 149 Å². The van der Waals surface area contributed by atoms with E-state index in [-0.39, 0.29) is 24.0 Å². The lowest BCUT2D eigenvalue weighted by Gasteiger charge is -2.31.